The molecule has 0 bridgehead atoms. The lowest BCUT2D eigenvalue weighted by atomic mass is 10.2. The molecule has 0 fully saturated rings. The minimum absolute atomic E-state index is 0.0558. The van der Waals surface area contributed by atoms with E-state index in [1.807, 2.05) is 0 Å². The van der Waals surface area contributed by atoms with Crippen LogP contribution in [0.15, 0.2) is 48.5 Å². The molecule has 3 amide bonds. The highest BCUT2D eigenvalue weighted by Gasteiger charge is 2.08. The van der Waals surface area contributed by atoms with Crippen LogP contribution in [0.1, 0.15) is 23.7 Å². The van der Waals surface area contributed by atoms with Gasteiger partial charge in [-0.2, -0.15) is 0 Å². The number of carbonyl (C=O) groups excluding carboxylic acids is 3. The third-order valence-corrected chi connectivity index (χ3v) is 3.94. The number of rotatable bonds is 10. The number of hydrogen-bond acceptors (Lipinski definition) is 5. The summed E-state index contributed by atoms with van der Waals surface area (Å²) in [6.45, 7) is 2.69. The minimum Gasteiger partial charge on any atom is -0.383 e. The summed E-state index contributed by atoms with van der Waals surface area (Å²) in [6.07, 6.45) is 0.413. The lowest BCUT2D eigenvalue weighted by Gasteiger charge is -2.10. The Bertz CT molecular complexity index is 837. The molecule has 0 saturated carbocycles. The standard InChI is InChI=1S/C21H26N4O4/c1-3-19(26)24-17-9-7-16(8-10-17)23-14-20(27)25-18-6-4-5-15(13-18)21(28)22-11-12-29-2/h4-10,13,23H,3,11-12,14H2,1-2H3,(H,22,28)(H,24,26)(H,25,27). The van der Waals surface area contributed by atoms with Crippen molar-refractivity contribution in [3.8, 4) is 0 Å². The molecule has 0 aliphatic rings. The quantitative estimate of drug-likeness (QED) is 0.460. The second-order valence-corrected chi connectivity index (χ2v) is 6.21. The van der Waals surface area contributed by atoms with Gasteiger partial charge in [0.15, 0.2) is 0 Å². The number of carbonyl (C=O) groups is 3. The van der Waals surface area contributed by atoms with E-state index in [4.69, 9.17) is 4.74 Å². The highest BCUT2D eigenvalue weighted by molar-refractivity contribution is 5.98. The average molecular weight is 398 g/mol. The summed E-state index contributed by atoms with van der Waals surface area (Å²) in [6, 6.07) is 13.8. The fourth-order valence-corrected chi connectivity index (χ4v) is 2.42. The Kier molecular flexibility index (Phi) is 8.65. The van der Waals surface area contributed by atoms with Crippen molar-refractivity contribution >= 4 is 34.8 Å². The smallest absolute Gasteiger partial charge is 0.251 e. The Balaban J connectivity index is 1.84. The SMILES string of the molecule is CCC(=O)Nc1ccc(NCC(=O)Nc2cccc(C(=O)NCCOC)c2)cc1. The zero-order chi connectivity index (χ0) is 21.1. The van der Waals surface area contributed by atoms with Gasteiger partial charge in [-0.1, -0.05) is 13.0 Å². The van der Waals surface area contributed by atoms with Gasteiger partial charge in [0.25, 0.3) is 5.91 Å². The molecule has 0 spiro atoms. The van der Waals surface area contributed by atoms with Crippen LogP contribution in [0.25, 0.3) is 0 Å². The van der Waals surface area contributed by atoms with Crippen LogP contribution >= 0.6 is 0 Å². The van der Waals surface area contributed by atoms with E-state index < -0.39 is 0 Å². The molecule has 0 radical (unpaired) electrons. The summed E-state index contributed by atoms with van der Waals surface area (Å²) >= 11 is 0. The molecule has 0 heterocycles. The van der Waals surface area contributed by atoms with Crippen LogP contribution in [0.3, 0.4) is 0 Å². The lowest BCUT2D eigenvalue weighted by Crippen LogP contribution is -2.27. The monoisotopic (exact) mass is 398 g/mol. The van der Waals surface area contributed by atoms with E-state index in [2.05, 4.69) is 21.3 Å². The van der Waals surface area contributed by atoms with Crippen molar-refractivity contribution in [2.24, 2.45) is 0 Å². The first-order chi connectivity index (χ1) is 14.0. The van der Waals surface area contributed by atoms with E-state index in [0.29, 0.717) is 36.5 Å². The number of ether oxygens (including phenoxy) is 1. The number of amides is 3. The van der Waals surface area contributed by atoms with Crippen LogP contribution in [-0.4, -0.2) is 44.5 Å². The molecule has 0 aliphatic heterocycles. The summed E-state index contributed by atoms with van der Waals surface area (Å²) in [5.41, 5.74) is 2.44. The molecule has 0 aliphatic carbocycles. The van der Waals surface area contributed by atoms with Gasteiger partial charge in [0, 0.05) is 42.7 Å². The first kappa shape index (κ1) is 21.9. The highest BCUT2D eigenvalue weighted by atomic mass is 16.5. The molecule has 2 aromatic rings. The largest absolute Gasteiger partial charge is 0.383 e. The molecule has 2 rings (SSSR count). The maximum atomic E-state index is 12.2. The summed E-state index contributed by atoms with van der Waals surface area (Å²) in [4.78, 5) is 35.6. The average Bonchev–Trinajstić information content (AvgIpc) is 2.73. The van der Waals surface area contributed by atoms with Crippen LogP contribution in [0.2, 0.25) is 0 Å². The van der Waals surface area contributed by atoms with E-state index in [1.54, 1.807) is 62.6 Å². The van der Waals surface area contributed by atoms with Crippen LogP contribution in [0.5, 0.6) is 0 Å². The van der Waals surface area contributed by atoms with Gasteiger partial charge in [-0.15, -0.1) is 0 Å². The fourth-order valence-electron chi connectivity index (χ4n) is 2.42. The zero-order valence-electron chi connectivity index (χ0n) is 16.6. The van der Waals surface area contributed by atoms with Crippen molar-refractivity contribution in [3.63, 3.8) is 0 Å². The maximum Gasteiger partial charge on any atom is 0.251 e. The van der Waals surface area contributed by atoms with Gasteiger partial charge in [0.05, 0.1) is 13.2 Å². The van der Waals surface area contributed by atoms with E-state index in [0.717, 1.165) is 5.69 Å². The third-order valence-electron chi connectivity index (χ3n) is 3.94. The second-order valence-electron chi connectivity index (χ2n) is 6.21. The van der Waals surface area contributed by atoms with Crippen molar-refractivity contribution in [1.29, 1.82) is 0 Å². The maximum absolute atomic E-state index is 12.2. The van der Waals surface area contributed by atoms with Crippen molar-refractivity contribution in [3.05, 3.63) is 54.1 Å². The molecule has 8 nitrogen and oxygen atoms in total. The minimum atomic E-state index is -0.245. The fraction of sp³-hybridized carbons (Fsp3) is 0.286. The number of hydrogen-bond donors (Lipinski definition) is 4. The lowest BCUT2D eigenvalue weighted by molar-refractivity contribution is -0.116. The zero-order valence-corrected chi connectivity index (χ0v) is 16.6. The number of methoxy groups -OCH3 is 1. The molecule has 0 atom stereocenters. The predicted molar refractivity (Wildman–Crippen MR) is 113 cm³/mol. The third kappa shape index (κ3) is 7.63. The Hall–Kier alpha value is -3.39. The summed E-state index contributed by atoms with van der Waals surface area (Å²) in [7, 11) is 1.56. The van der Waals surface area contributed by atoms with E-state index in [-0.39, 0.29) is 24.3 Å². The molecule has 0 saturated heterocycles. The summed E-state index contributed by atoms with van der Waals surface area (Å²) < 4.78 is 4.90. The first-order valence-electron chi connectivity index (χ1n) is 9.32. The van der Waals surface area contributed by atoms with Crippen LogP contribution in [0.4, 0.5) is 17.1 Å². The van der Waals surface area contributed by atoms with E-state index in [9.17, 15) is 14.4 Å². The topological polar surface area (TPSA) is 109 Å². The molecule has 8 heteroatoms. The first-order valence-corrected chi connectivity index (χ1v) is 9.32. The highest BCUT2D eigenvalue weighted by Crippen LogP contribution is 2.14. The molecular weight excluding hydrogens is 372 g/mol. The number of nitrogens with one attached hydrogen (secondary N) is 4. The molecular formula is C21H26N4O4. The van der Waals surface area contributed by atoms with Crippen LogP contribution < -0.4 is 21.3 Å². The summed E-state index contributed by atoms with van der Waals surface area (Å²) in [5, 5.41) is 11.3. The van der Waals surface area contributed by atoms with Gasteiger partial charge in [-0.05, 0) is 42.5 Å². The number of anilines is 3. The van der Waals surface area contributed by atoms with Crippen molar-refractivity contribution in [2.75, 3.05) is 42.8 Å². The molecule has 154 valence electrons. The number of benzene rings is 2. The molecule has 4 N–H and O–H groups in total. The predicted octanol–water partition coefficient (Wildman–Crippen LogP) is 2.46. The van der Waals surface area contributed by atoms with Crippen LogP contribution in [0, 0.1) is 0 Å². The Morgan fingerprint density at radius 1 is 0.897 bits per heavy atom. The van der Waals surface area contributed by atoms with Gasteiger partial charge < -0.3 is 26.0 Å². The van der Waals surface area contributed by atoms with Crippen molar-refractivity contribution in [2.45, 2.75) is 13.3 Å². The van der Waals surface area contributed by atoms with Gasteiger partial charge in [0.1, 0.15) is 0 Å². The molecule has 29 heavy (non-hydrogen) atoms. The Morgan fingerprint density at radius 2 is 1.59 bits per heavy atom. The van der Waals surface area contributed by atoms with E-state index >= 15 is 0 Å². The normalized spacial score (nSPS) is 10.1. The molecule has 0 unspecified atom stereocenters. The van der Waals surface area contributed by atoms with Gasteiger partial charge >= 0.3 is 0 Å². The Morgan fingerprint density at radius 3 is 2.28 bits per heavy atom. The van der Waals surface area contributed by atoms with Gasteiger partial charge in [0.2, 0.25) is 11.8 Å². The van der Waals surface area contributed by atoms with E-state index in [1.165, 1.54) is 0 Å². The Labute approximate surface area is 170 Å². The van der Waals surface area contributed by atoms with Gasteiger partial charge in [-0.3, -0.25) is 14.4 Å². The molecule has 0 aromatic heterocycles. The molecule has 2 aromatic carbocycles. The summed E-state index contributed by atoms with van der Waals surface area (Å²) in [5.74, 6) is -0.531. The van der Waals surface area contributed by atoms with Crippen molar-refractivity contribution in [1.82, 2.24) is 5.32 Å². The van der Waals surface area contributed by atoms with Crippen molar-refractivity contribution < 1.29 is 19.1 Å². The second kappa shape index (κ2) is 11.5. The van der Waals surface area contributed by atoms with Gasteiger partial charge in [-0.25, -0.2) is 0 Å². The van der Waals surface area contributed by atoms with Crippen LogP contribution in [-0.2, 0) is 14.3 Å².